The van der Waals surface area contributed by atoms with Gasteiger partial charge in [0.25, 0.3) is 0 Å². The average molecular weight is 323 g/mol. The fourth-order valence-corrected chi connectivity index (χ4v) is 3.36. The molecule has 1 fully saturated rings. The van der Waals surface area contributed by atoms with E-state index in [0.717, 1.165) is 37.7 Å². The smallest absolute Gasteiger partial charge is 0.220 e. The summed E-state index contributed by atoms with van der Waals surface area (Å²) in [4.78, 5) is 23.2. The van der Waals surface area contributed by atoms with Gasteiger partial charge in [0.2, 0.25) is 5.91 Å². The highest BCUT2D eigenvalue weighted by Gasteiger charge is 2.34. The summed E-state index contributed by atoms with van der Waals surface area (Å²) in [5.74, 6) is -1.16. The van der Waals surface area contributed by atoms with Crippen LogP contribution in [-0.2, 0) is 16.1 Å². The molecule has 0 radical (unpaired) electrons. The number of halogens is 1. The number of carboxylic acid groups (broad SMARTS) is 1. The molecular weight excluding hydrogens is 302 g/mol. The molecule has 0 heterocycles. The van der Waals surface area contributed by atoms with Crippen LogP contribution in [0, 0.1) is 5.41 Å². The van der Waals surface area contributed by atoms with E-state index in [4.69, 9.17) is 11.6 Å². The van der Waals surface area contributed by atoms with E-state index in [-0.39, 0.29) is 18.7 Å². The molecule has 1 saturated carbocycles. The first-order valence-corrected chi connectivity index (χ1v) is 8.08. The first-order valence-electron chi connectivity index (χ1n) is 7.70. The quantitative estimate of drug-likeness (QED) is 0.874. The molecule has 5 heteroatoms. The zero-order chi connectivity index (χ0) is 16.0. The van der Waals surface area contributed by atoms with E-state index in [9.17, 15) is 14.7 Å². The van der Waals surface area contributed by atoms with Gasteiger partial charge in [-0.15, -0.1) is 0 Å². The number of hydrogen-bond donors (Lipinski definition) is 1. The number of amides is 1. The number of rotatable bonds is 6. The average Bonchev–Trinajstić information content (AvgIpc) is 2.46. The molecule has 4 nitrogen and oxygen atoms in total. The molecule has 0 atom stereocenters. The van der Waals surface area contributed by atoms with Gasteiger partial charge in [0, 0.05) is 24.0 Å². The number of carbonyl (C=O) groups is 2. The van der Waals surface area contributed by atoms with Gasteiger partial charge < -0.3 is 15.2 Å². The minimum Gasteiger partial charge on any atom is -0.550 e. The lowest BCUT2D eigenvalue weighted by Crippen LogP contribution is -2.38. The van der Waals surface area contributed by atoms with E-state index in [1.54, 1.807) is 12.1 Å². The Morgan fingerprint density at radius 1 is 1.09 bits per heavy atom. The standard InChI is InChI=1S/C17H22ClNO3/c18-14-6-4-13(5-7-14)12-19-15(20)10-17(11-16(21)22)8-2-1-3-9-17/h4-7H,1-3,8-12H2,(H,19,20)(H,21,22)/p-1. The van der Waals surface area contributed by atoms with Gasteiger partial charge in [0.15, 0.2) is 0 Å². The van der Waals surface area contributed by atoms with Gasteiger partial charge >= 0.3 is 0 Å². The van der Waals surface area contributed by atoms with E-state index >= 15 is 0 Å². The third kappa shape index (κ3) is 5.02. The van der Waals surface area contributed by atoms with Gasteiger partial charge in [0.1, 0.15) is 0 Å². The van der Waals surface area contributed by atoms with Crippen molar-refractivity contribution >= 4 is 23.5 Å². The second-order valence-corrected chi connectivity index (χ2v) is 6.63. The van der Waals surface area contributed by atoms with Crippen LogP contribution in [0.1, 0.15) is 50.5 Å². The SMILES string of the molecule is O=C([O-])CC1(CC(=O)NCc2ccc(Cl)cc2)CCCCC1. The van der Waals surface area contributed by atoms with Crippen LogP contribution >= 0.6 is 11.6 Å². The minimum absolute atomic E-state index is 0.0264. The summed E-state index contributed by atoms with van der Waals surface area (Å²) in [6.45, 7) is 0.428. The lowest BCUT2D eigenvalue weighted by molar-refractivity contribution is -0.308. The molecule has 0 spiro atoms. The lowest BCUT2D eigenvalue weighted by Gasteiger charge is -2.37. The van der Waals surface area contributed by atoms with Gasteiger partial charge in [-0.25, -0.2) is 0 Å². The molecule has 2 rings (SSSR count). The lowest BCUT2D eigenvalue weighted by atomic mass is 9.69. The van der Waals surface area contributed by atoms with E-state index in [2.05, 4.69) is 5.32 Å². The van der Waals surface area contributed by atoms with Crippen molar-refractivity contribution in [3.63, 3.8) is 0 Å². The molecule has 1 amide bonds. The number of hydrogen-bond acceptors (Lipinski definition) is 3. The third-order valence-electron chi connectivity index (χ3n) is 4.37. The van der Waals surface area contributed by atoms with Crippen molar-refractivity contribution in [3.05, 3.63) is 34.9 Å². The summed E-state index contributed by atoms with van der Waals surface area (Å²) in [5, 5.41) is 14.5. The Morgan fingerprint density at radius 2 is 1.73 bits per heavy atom. The Balaban J connectivity index is 1.90. The molecule has 0 saturated heterocycles. The monoisotopic (exact) mass is 322 g/mol. The fraction of sp³-hybridized carbons (Fsp3) is 0.529. The van der Waals surface area contributed by atoms with Gasteiger partial charge in [-0.2, -0.15) is 0 Å². The number of nitrogens with one attached hydrogen (secondary N) is 1. The number of aliphatic carboxylic acids is 1. The summed E-state index contributed by atoms with van der Waals surface area (Å²) in [7, 11) is 0. The zero-order valence-corrected chi connectivity index (χ0v) is 13.3. The molecule has 1 aromatic rings. The number of benzene rings is 1. The maximum Gasteiger partial charge on any atom is 0.220 e. The molecule has 1 aliphatic rings. The Hall–Kier alpha value is -1.55. The van der Waals surface area contributed by atoms with E-state index < -0.39 is 11.4 Å². The summed E-state index contributed by atoms with van der Waals surface area (Å²) >= 11 is 5.82. The van der Waals surface area contributed by atoms with E-state index in [1.807, 2.05) is 12.1 Å². The Bertz CT molecular complexity index is 521. The van der Waals surface area contributed by atoms with Crippen LogP contribution in [0.25, 0.3) is 0 Å². The molecular formula is C17H21ClNO3-. The summed E-state index contributed by atoms with van der Waals surface area (Å²) in [6.07, 6.45) is 4.89. The first-order chi connectivity index (χ1) is 10.5. The van der Waals surface area contributed by atoms with Crippen LogP contribution in [0.15, 0.2) is 24.3 Å². The summed E-state index contributed by atoms with van der Waals surface area (Å²) < 4.78 is 0. The van der Waals surface area contributed by atoms with Crippen LogP contribution in [0.5, 0.6) is 0 Å². The molecule has 0 aliphatic heterocycles. The van der Waals surface area contributed by atoms with Crippen molar-refractivity contribution in [1.82, 2.24) is 5.32 Å². The fourth-order valence-electron chi connectivity index (χ4n) is 3.23. The van der Waals surface area contributed by atoms with Crippen molar-refractivity contribution in [2.24, 2.45) is 5.41 Å². The number of carboxylic acids is 1. The second kappa shape index (κ2) is 7.63. The summed E-state index contributed by atoms with van der Waals surface area (Å²) in [6, 6.07) is 7.28. The summed E-state index contributed by atoms with van der Waals surface area (Å²) in [5.41, 5.74) is 0.539. The highest BCUT2D eigenvalue weighted by molar-refractivity contribution is 6.30. The largest absolute Gasteiger partial charge is 0.550 e. The van der Waals surface area contributed by atoms with E-state index in [0.29, 0.717) is 11.6 Å². The van der Waals surface area contributed by atoms with Crippen LogP contribution < -0.4 is 10.4 Å². The van der Waals surface area contributed by atoms with Crippen LogP contribution in [0.3, 0.4) is 0 Å². The Labute approximate surface area is 135 Å². The molecule has 0 unspecified atom stereocenters. The van der Waals surface area contributed by atoms with E-state index in [1.165, 1.54) is 0 Å². The highest BCUT2D eigenvalue weighted by Crippen LogP contribution is 2.42. The molecule has 1 aromatic carbocycles. The van der Waals surface area contributed by atoms with Crippen molar-refractivity contribution in [3.8, 4) is 0 Å². The van der Waals surface area contributed by atoms with Crippen LogP contribution in [0.4, 0.5) is 0 Å². The Morgan fingerprint density at radius 3 is 2.32 bits per heavy atom. The third-order valence-corrected chi connectivity index (χ3v) is 4.62. The second-order valence-electron chi connectivity index (χ2n) is 6.19. The normalized spacial score (nSPS) is 17.0. The molecule has 0 bridgehead atoms. The van der Waals surface area contributed by atoms with Gasteiger partial charge in [-0.05, 0) is 42.4 Å². The topological polar surface area (TPSA) is 69.2 Å². The molecule has 0 aromatic heterocycles. The van der Waals surface area contributed by atoms with Crippen LogP contribution in [-0.4, -0.2) is 11.9 Å². The van der Waals surface area contributed by atoms with Crippen molar-refractivity contribution in [1.29, 1.82) is 0 Å². The minimum atomic E-state index is -1.06. The predicted octanol–water partition coefficient (Wildman–Crippen LogP) is 2.44. The highest BCUT2D eigenvalue weighted by atomic mass is 35.5. The maximum absolute atomic E-state index is 12.2. The van der Waals surface area contributed by atoms with Crippen molar-refractivity contribution in [2.75, 3.05) is 0 Å². The molecule has 22 heavy (non-hydrogen) atoms. The first kappa shape index (κ1) is 16.8. The van der Waals surface area contributed by atoms with Gasteiger partial charge in [-0.3, -0.25) is 4.79 Å². The Kier molecular flexibility index (Phi) is 5.83. The zero-order valence-electron chi connectivity index (χ0n) is 12.6. The van der Waals surface area contributed by atoms with Crippen LogP contribution in [0.2, 0.25) is 5.02 Å². The maximum atomic E-state index is 12.2. The molecule has 120 valence electrons. The van der Waals surface area contributed by atoms with Crippen molar-refractivity contribution in [2.45, 2.75) is 51.5 Å². The van der Waals surface area contributed by atoms with Gasteiger partial charge in [-0.1, -0.05) is 43.0 Å². The van der Waals surface area contributed by atoms with Gasteiger partial charge in [0.05, 0.1) is 0 Å². The molecule has 1 aliphatic carbocycles. The van der Waals surface area contributed by atoms with Crippen molar-refractivity contribution < 1.29 is 14.7 Å². The molecule has 1 N–H and O–H groups in total. The predicted molar refractivity (Wildman–Crippen MR) is 83.1 cm³/mol. The number of carbonyl (C=O) groups excluding carboxylic acids is 2.